The lowest BCUT2D eigenvalue weighted by Gasteiger charge is -2.16. The van der Waals surface area contributed by atoms with E-state index in [0.717, 1.165) is 34.6 Å². The Morgan fingerprint density at radius 3 is 1.38 bits per heavy atom. The van der Waals surface area contributed by atoms with Gasteiger partial charge in [-0.25, -0.2) is 4.99 Å². The molecule has 0 aliphatic rings. The van der Waals surface area contributed by atoms with E-state index in [2.05, 4.69) is 190 Å². The molecule has 0 atom stereocenters. The van der Waals surface area contributed by atoms with Crippen LogP contribution >= 0.6 is 0 Å². The standard InChI is InChI=1S/C46H32N4.C7H9N/c1-47-45(28-27-31-15-3-2-4-16-31)50-42-26-14-9-21-37(42)46-43(49-40-24-12-7-19-35(40)36-20-8-13-25-41(36)49)29-32(30-44(46)50)48-38-22-10-5-17-33(38)34-18-6-11-23-39(34)48;8-6-7-4-2-1-3-5-7/h2-26,28-30H,1,27H2;1-5H,6,8H2/b45-28+;. The van der Waals surface area contributed by atoms with Gasteiger partial charge in [0.25, 0.3) is 0 Å². The van der Waals surface area contributed by atoms with Gasteiger partial charge in [-0.15, -0.1) is 0 Å². The highest BCUT2D eigenvalue weighted by Gasteiger charge is 2.23. The van der Waals surface area contributed by atoms with Crippen molar-refractivity contribution in [3.63, 3.8) is 0 Å². The van der Waals surface area contributed by atoms with Crippen molar-refractivity contribution in [3.8, 4) is 11.4 Å². The summed E-state index contributed by atoms with van der Waals surface area (Å²) in [7, 11) is 0. The van der Waals surface area contributed by atoms with Gasteiger partial charge in [0.05, 0.1) is 44.5 Å². The van der Waals surface area contributed by atoms with Gasteiger partial charge in [-0.1, -0.05) is 152 Å². The highest BCUT2D eigenvalue weighted by atomic mass is 15.1. The molecule has 0 saturated carbocycles. The van der Waals surface area contributed by atoms with Crippen molar-refractivity contribution in [2.45, 2.75) is 13.0 Å². The predicted octanol–water partition coefficient (Wildman–Crippen LogP) is 12.9. The zero-order valence-corrected chi connectivity index (χ0v) is 32.0. The minimum atomic E-state index is 0.640. The molecule has 278 valence electrons. The molecule has 8 aromatic carbocycles. The Bertz CT molecular complexity index is 3200. The number of hydrogen-bond acceptors (Lipinski definition) is 2. The van der Waals surface area contributed by atoms with E-state index in [1.165, 1.54) is 65.5 Å². The van der Waals surface area contributed by atoms with Gasteiger partial charge in [-0.2, -0.15) is 0 Å². The topological polar surface area (TPSA) is 53.2 Å². The van der Waals surface area contributed by atoms with Crippen LogP contribution < -0.4 is 5.73 Å². The Kier molecular flexibility index (Phi) is 8.98. The normalized spacial score (nSPS) is 11.8. The van der Waals surface area contributed by atoms with Crippen LogP contribution in [0.3, 0.4) is 0 Å². The number of fused-ring (bicyclic) bond motifs is 9. The molecule has 0 aliphatic carbocycles. The van der Waals surface area contributed by atoms with Crippen LogP contribution in [0.25, 0.3) is 82.6 Å². The van der Waals surface area contributed by atoms with Crippen LogP contribution in [0.15, 0.2) is 205 Å². The highest BCUT2D eigenvalue weighted by Crippen LogP contribution is 2.42. The summed E-state index contributed by atoms with van der Waals surface area (Å²) in [4.78, 5) is 4.69. The van der Waals surface area contributed by atoms with Gasteiger partial charge in [-0.05, 0) is 72.8 Å². The number of allylic oxidation sites excluding steroid dienone is 1. The van der Waals surface area contributed by atoms with E-state index < -0.39 is 0 Å². The summed E-state index contributed by atoms with van der Waals surface area (Å²) in [5, 5.41) is 7.28. The zero-order valence-electron chi connectivity index (χ0n) is 32.0. The molecule has 3 aromatic heterocycles. The van der Waals surface area contributed by atoms with Gasteiger partial charge in [0.2, 0.25) is 0 Å². The maximum Gasteiger partial charge on any atom is 0.133 e. The maximum absolute atomic E-state index is 5.35. The number of nitrogens with two attached hydrogens (primary N) is 1. The van der Waals surface area contributed by atoms with Crippen LogP contribution in [0, 0.1) is 0 Å². The number of hydrogen-bond donors (Lipinski definition) is 1. The Balaban J connectivity index is 0.000000459. The van der Waals surface area contributed by atoms with Gasteiger partial charge in [-0.3, -0.25) is 4.57 Å². The van der Waals surface area contributed by atoms with Crippen molar-refractivity contribution in [1.82, 2.24) is 13.7 Å². The first-order valence-electron chi connectivity index (χ1n) is 19.7. The summed E-state index contributed by atoms with van der Waals surface area (Å²) in [6.07, 6.45) is 2.94. The summed E-state index contributed by atoms with van der Waals surface area (Å²) < 4.78 is 7.17. The maximum atomic E-state index is 5.35. The van der Waals surface area contributed by atoms with E-state index in [1.807, 2.05) is 30.3 Å². The number of aliphatic imine (C=N–C) groups is 1. The Hall–Kier alpha value is -7.47. The molecule has 0 saturated heterocycles. The summed E-state index contributed by atoms with van der Waals surface area (Å²) in [5.74, 6) is 0.813. The smallest absolute Gasteiger partial charge is 0.133 e. The fourth-order valence-corrected chi connectivity index (χ4v) is 8.66. The molecule has 11 aromatic rings. The highest BCUT2D eigenvalue weighted by molar-refractivity contribution is 6.18. The fourth-order valence-electron chi connectivity index (χ4n) is 8.66. The van der Waals surface area contributed by atoms with Crippen LogP contribution in [0.2, 0.25) is 0 Å². The molecule has 0 fully saturated rings. The largest absolute Gasteiger partial charge is 0.326 e. The number of rotatable bonds is 7. The van der Waals surface area contributed by atoms with Crippen molar-refractivity contribution in [2.75, 3.05) is 0 Å². The number of para-hydroxylation sites is 5. The van der Waals surface area contributed by atoms with E-state index in [4.69, 9.17) is 10.7 Å². The van der Waals surface area contributed by atoms with Crippen molar-refractivity contribution < 1.29 is 0 Å². The van der Waals surface area contributed by atoms with Crippen LogP contribution in [-0.2, 0) is 13.0 Å². The second-order valence-corrected chi connectivity index (χ2v) is 14.6. The lowest BCUT2D eigenvalue weighted by Crippen LogP contribution is -2.02. The lowest BCUT2D eigenvalue weighted by atomic mass is 10.1. The molecule has 0 aliphatic heterocycles. The third-order valence-electron chi connectivity index (χ3n) is 11.2. The zero-order chi connectivity index (χ0) is 39.0. The third-order valence-corrected chi connectivity index (χ3v) is 11.2. The van der Waals surface area contributed by atoms with Crippen LogP contribution in [0.4, 0.5) is 0 Å². The summed E-state index contributed by atoms with van der Waals surface area (Å²) in [6.45, 7) is 4.74. The summed E-state index contributed by atoms with van der Waals surface area (Å²) in [5.41, 5.74) is 16.8. The SMILES string of the molecule is C=N/C(=C\Cc1ccccc1)n1c2ccccc2c2c(-n3c4ccccc4c4ccccc43)cc(-n3c4ccccc4c4ccccc43)cc21.NCc1ccccc1. The average molecular weight is 748 g/mol. The van der Waals surface area contributed by atoms with Crippen molar-refractivity contribution in [3.05, 3.63) is 211 Å². The van der Waals surface area contributed by atoms with Crippen molar-refractivity contribution in [2.24, 2.45) is 10.7 Å². The first-order chi connectivity index (χ1) is 28.7. The first kappa shape index (κ1) is 35.0. The molecule has 2 N–H and O–H groups in total. The van der Waals surface area contributed by atoms with Crippen LogP contribution in [0.5, 0.6) is 0 Å². The third kappa shape index (κ3) is 5.88. The van der Waals surface area contributed by atoms with Gasteiger partial charge < -0.3 is 14.9 Å². The quantitative estimate of drug-likeness (QED) is 0.162. The molecular weight excluding hydrogens is 707 g/mol. The minimum absolute atomic E-state index is 0.640. The van der Waals surface area contributed by atoms with E-state index in [1.54, 1.807) is 0 Å². The van der Waals surface area contributed by atoms with E-state index >= 15 is 0 Å². The first-order valence-corrected chi connectivity index (χ1v) is 19.7. The van der Waals surface area contributed by atoms with Gasteiger partial charge in [0, 0.05) is 38.9 Å². The van der Waals surface area contributed by atoms with E-state index in [-0.39, 0.29) is 0 Å². The predicted molar refractivity (Wildman–Crippen MR) is 246 cm³/mol. The number of aromatic nitrogens is 3. The molecule has 0 spiro atoms. The molecular formula is C53H41N5. The van der Waals surface area contributed by atoms with Crippen molar-refractivity contribution in [1.29, 1.82) is 0 Å². The molecule has 0 amide bonds. The number of nitrogens with zero attached hydrogens (tertiary/aromatic N) is 4. The second-order valence-electron chi connectivity index (χ2n) is 14.6. The van der Waals surface area contributed by atoms with Crippen LogP contribution in [0.1, 0.15) is 11.1 Å². The van der Waals surface area contributed by atoms with E-state index in [0.29, 0.717) is 6.54 Å². The molecule has 0 bridgehead atoms. The molecule has 5 heteroatoms. The summed E-state index contributed by atoms with van der Waals surface area (Å²) >= 11 is 0. The molecule has 5 nitrogen and oxygen atoms in total. The van der Waals surface area contributed by atoms with Crippen molar-refractivity contribution >= 4 is 78.0 Å². The van der Waals surface area contributed by atoms with Gasteiger partial charge in [0.15, 0.2) is 0 Å². The van der Waals surface area contributed by atoms with Crippen LogP contribution in [-0.4, -0.2) is 20.4 Å². The monoisotopic (exact) mass is 747 g/mol. The average Bonchev–Trinajstić information content (AvgIpc) is 3.93. The molecule has 0 radical (unpaired) electrons. The lowest BCUT2D eigenvalue weighted by molar-refractivity contribution is 1.07. The molecule has 3 heterocycles. The summed E-state index contributed by atoms with van der Waals surface area (Å²) in [6, 6.07) is 68.9. The minimum Gasteiger partial charge on any atom is -0.326 e. The Morgan fingerprint density at radius 1 is 0.466 bits per heavy atom. The van der Waals surface area contributed by atoms with E-state index in [9.17, 15) is 0 Å². The van der Waals surface area contributed by atoms with Gasteiger partial charge >= 0.3 is 0 Å². The Labute approximate surface area is 336 Å². The number of benzene rings is 8. The second kappa shape index (κ2) is 14.9. The molecule has 0 unspecified atom stereocenters. The fraction of sp³-hybridized carbons (Fsp3) is 0.0377. The molecule has 58 heavy (non-hydrogen) atoms. The Morgan fingerprint density at radius 2 is 0.897 bits per heavy atom. The van der Waals surface area contributed by atoms with Gasteiger partial charge in [0.1, 0.15) is 5.82 Å². The molecule has 11 rings (SSSR count).